The molecule has 5 nitrogen and oxygen atoms in total. The first-order valence-electron chi connectivity index (χ1n) is 10.8. The molecule has 0 bridgehead atoms. The van der Waals surface area contributed by atoms with Crippen LogP contribution in [0.5, 0.6) is 0 Å². The Balaban J connectivity index is 1.58. The van der Waals surface area contributed by atoms with Gasteiger partial charge < -0.3 is 9.88 Å². The molecule has 0 fully saturated rings. The first-order chi connectivity index (χ1) is 15.4. The van der Waals surface area contributed by atoms with Crippen molar-refractivity contribution in [3.63, 3.8) is 0 Å². The van der Waals surface area contributed by atoms with Gasteiger partial charge in [-0.25, -0.2) is 13.1 Å². The zero-order valence-corrected chi connectivity index (χ0v) is 19.3. The molecule has 0 saturated carbocycles. The van der Waals surface area contributed by atoms with Gasteiger partial charge in [-0.3, -0.25) is 0 Å². The molecule has 1 aromatic heterocycles. The zero-order chi connectivity index (χ0) is 22.6. The van der Waals surface area contributed by atoms with Gasteiger partial charge in [0.15, 0.2) is 0 Å². The number of H-pyrrole nitrogens is 1. The van der Waals surface area contributed by atoms with Gasteiger partial charge in [0.1, 0.15) is 0 Å². The first kappa shape index (κ1) is 22.1. The lowest BCUT2D eigenvalue weighted by molar-refractivity contribution is 0.577. The van der Waals surface area contributed by atoms with Gasteiger partial charge in [-0.1, -0.05) is 60.7 Å². The van der Waals surface area contributed by atoms with E-state index in [9.17, 15) is 8.42 Å². The maximum Gasteiger partial charge on any atom is 0.211 e. The van der Waals surface area contributed by atoms with E-state index in [4.69, 9.17) is 0 Å². The molecule has 6 heteroatoms. The van der Waals surface area contributed by atoms with Crippen molar-refractivity contribution in [3.05, 3.63) is 102 Å². The summed E-state index contributed by atoms with van der Waals surface area (Å²) in [5.74, 6) is -0.0363. The third-order valence-corrected chi connectivity index (χ3v) is 7.17. The lowest BCUT2D eigenvalue weighted by Gasteiger charge is -2.20. The van der Waals surface area contributed by atoms with E-state index in [1.54, 1.807) is 0 Å². The highest BCUT2D eigenvalue weighted by molar-refractivity contribution is 7.89. The third kappa shape index (κ3) is 5.21. The normalized spacial score (nSPS) is 12.7. The molecule has 0 aliphatic heterocycles. The highest BCUT2D eigenvalue weighted by atomic mass is 32.2. The number of rotatable bonds is 9. The Kier molecular flexibility index (Phi) is 6.63. The fraction of sp³-hybridized carbons (Fsp3) is 0.231. The fourth-order valence-electron chi connectivity index (χ4n) is 3.97. The SMILES string of the molecule is CN(C)c1ccc(C(CNS(=O)(=O)CCc2ccccc2)c2c[nH]c3ccccc23)cc1. The zero-order valence-electron chi connectivity index (χ0n) is 18.5. The van der Waals surface area contributed by atoms with Crippen LogP contribution in [0.15, 0.2) is 85.1 Å². The van der Waals surface area contributed by atoms with Gasteiger partial charge in [0, 0.05) is 49.3 Å². The standard InChI is InChI=1S/C26H29N3O2S/c1-29(2)22-14-12-21(13-15-22)24(25-18-27-26-11-7-6-10-23(25)26)19-28-32(30,31)17-16-20-8-4-3-5-9-20/h3-15,18,24,27-28H,16-17,19H2,1-2H3. The number of benzene rings is 3. The molecule has 2 N–H and O–H groups in total. The second kappa shape index (κ2) is 9.59. The third-order valence-electron chi connectivity index (χ3n) is 5.82. The Hall–Kier alpha value is -3.09. The summed E-state index contributed by atoms with van der Waals surface area (Å²) in [6.07, 6.45) is 2.49. The molecule has 32 heavy (non-hydrogen) atoms. The van der Waals surface area contributed by atoms with Gasteiger partial charge in [-0.2, -0.15) is 0 Å². The molecule has 1 heterocycles. The lowest BCUT2D eigenvalue weighted by Crippen LogP contribution is -2.31. The highest BCUT2D eigenvalue weighted by Crippen LogP contribution is 2.31. The fourth-order valence-corrected chi connectivity index (χ4v) is 5.04. The summed E-state index contributed by atoms with van der Waals surface area (Å²) in [5, 5.41) is 1.11. The Morgan fingerprint density at radius 2 is 1.59 bits per heavy atom. The number of sulfonamides is 1. The van der Waals surface area contributed by atoms with E-state index in [0.29, 0.717) is 13.0 Å². The quantitative estimate of drug-likeness (QED) is 0.396. The average Bonchev–Trinajstić information content (AvgIpc) is 3.23. The number of aryl methyl sites for hydroxylation is 1. The van der Waals surface area contributed by atoms with E-state index in [-0.39, 0.29) is 11.7 Å². The second-order valence-corrected chi connectivity index (χ2v) is 10.2. The van der Waals surface area contributed by atoms with Crippen molar-refractivity contribution >= 4 is 26.6 Å². The van der Waals surface area contributed by atoms with Crippen molar-refractivity contribution in [2.75, 3.05) is 31.3 Å². The van der Waals surface area contributed by atoms with Crippen molar-refractivity contribution in [3.8, 4) is 0 Å². The van der Waals surface area contributed by atoms with Crippen LogP contribution >= 0.6 is 0 Å². The summed E-state index contributed by atoms with van der Waals surface area (Å²) in [7, 11) is 0.597. The first-order valence-corrected chi connectivity index (χ1v) is 12.4. The molecular weight excluding hydrogens is 418 g/mol. The van der Waals surface area contributed by atoms with E-state index in [1.165, 1.54) is 0 Å². The van der Waals surface area contributed by atoms with Gasteiger partial charge in [0.2, 0.25) is 10.0 Å². The molecule has 1 unspecified atom stereocenters. The van der Waals surface area contributed by atoms with Crippen molar-refractivity contribution in [2.45, 2.75) is 12.3 Å². The van der Waals surface area contributed by atoms with Gasteiger partial charge in [0.05, 0.1) is 5.75 Å². The van der Waals surface area contributed by atoms with Crippen molar-refractivity contribution < 1.29 is 8.42 Å². The van der Waals surface area contributed by atoms with Crippen LogP contribution in [0.4, 0.5) is 5.69 Å². The number of para-hydroxylation sites is 1. The number of fused-ring (bicyclic) bond motifs is 1. The minimum absolute atomic E-state index is 0.0667. The second-order valence-electron chi connectivity index (χ2n) is 8.23. The van der Waals surface area contributed by atoms with E-state index < -0.39 is 10.0 Å². The summed E-state index contributed by atoms with van der Waals surface area (Å²) >= 11 is 0. The Bertz CT molecular complexity index is 1260. The number of nitrogens with one attached hydrogen (secondary N) is 2. The molecule has 0 spiro atoms. The van der Waals surface area contributed by atoms with Gasteiger partial charge in [-0.15, -0.1) is 0 Å². The number of hydrogen-bond acceptors (Lipinski definition) is 3. The summed E-state index contributed by atoms with van der Waals surface area (Å²) in [5.41, 5.74) is 5.33. The molecular formula is C26H29N3O2S. The van der Waals surface area contributed by atoms with Crippen LogP contribution < -0.4 is 9.62 Å². The van der Waals surface area contributed by atoms with Gasteiger partial charge in [0.25, 0.3) is 0 Å². The Morgan fingerprint density at radius 3 is 2.31 bits per heavy atom. The van der Waals surface area contributed by atoms with Crippen molar-refractivity contribution in [1.82, 2.24) is 9.71 Å². The summed E-state index contributed by atoms with van der Waals surface area (Å²) in [6, 6.07) is 26.1. The number of aromatic amines is 1. The minimum atomic E-state index is -3.42. The molecule has 0 radical (unpaired) electrons. The molecule has 0 saturated heterocycles. The van der Waals surface area contributed by atoms with Gasteiger partial charge in [-0.05, 0) is 41.3 Å². The van der Waals surface area contributed by atoms with E-state index in [2.05, 4.69) is 44.9 Å². The molecule has 1 atom stereocenters. The van der Waals surface area contributed by atoms with E-state index in [0.717, 1.165) is 33.3 Å². The molecule has 4 rings (SSSR count). The van der Waals surface area contributed by atoms with Gasteiger partial charge >= 0.3 is 0 Å². The van der Waals surface area contributed by atoms with Crippen LogP contribution in [0, 0.1) is 0 Å². The van der Waals surface area contributed by atoms with Crippen LogP contribution in [0.25, 0.3) is 10.9 Å². The molecule has 0 aliphatic rings. The summed E-state index contributed by atoms with van der Waals surface area (Å²) < 4.78 is 28.4. The number of aromatic nitrogens is 1. The molecule has 4 aromatic rings. The van der Waals surface area contributed by atoms with Crippen LogP contribution in [-0.2, 0) is 16.4 Å². The largest absolute Gasteiger partial charge is 0.378 e. The summed E-state index contributed by atoms with van der Waals surface area (Å²) in [6.45, 7) is 0.306. The predicted octanol–water partition coefficient (Wildman–Crippen LogP) is 4.53. The maximum absolute atomic E-state index is 12.8. The van der Waals surface area contributed by atoms with Crippen LogP contribution in [0.2, 0.25) is 0 Å². The molecule has 166 valence electrons. The number of anilines is 1. The Morgan fingerprint density at radius 1 is 0.906 bits per heavy atom. The smallest absolute Gasteiger partial charge is 0.211 e. The number of nitrogens with zero attached hydrogens (tertiary/aromatic N) is 1. The van der Waals surface area contributed by atoms with Crippen LogP contribution in [0.1, 0.15) is 22.6 Å². The number of hydrogen-bond donors (Lipinski definition) is 2. The maximum atomic E-state index is 12.8. The summed E-state index contributed by atoms with van der Waals surface area (Å²) in [4.78, 5) is 5.38. The minimum Gasteiger partial charge on any atom is -0.378 e. The monoisotopic (exact) mass is 447 g/mol. The van der Waals surface area contributed by atoms with Crippen molar-refractivity contribution in [2.24, 2.45) is 0 Å². The highest BCUT2D eigenvalue weighted by Gasteiger charge is 2.21. The van der Waals surface area contributed by atoms with Crippen LogP contribution in [-0.4, -0.2) is 39.8 Å². The lowest BCUT2D eigenvalue weighted by atomic mass is 9.91. The average molecular weight is 448 g/mol. The van der Waals surface area contributed by atoms with Crippen molar-refractivity contribution in [1.29, 1.82) is 0 Å². The van der Waals surface area contributed by atoms with Crippen LogP contribution in [0.3, 0.4) is 0 Å². The molecule has 3 aromatic carbocycles. The predicted molar refractivity (Wildman–Crippen MR) is 133 cm³/mol. The topological polar surface area (TPSA) is 65.2 Å². The Labute approximate surface area is 190 Å². The van der Waals surface area contributed by atoms with E-state index >= 15 is 0 Å². The van der Waals surface area contributed by atoms with E-state index in [1.807, 2.05) is 68.8 Å². The molecule has 0 aliphatic carbocycles. The molecule has 0 amide bonds.